The molecule has 0 unspecified atom stereocenters. The number of nitrogens with two attached hydrogens (primary N) is 1. The fourth-order valence-electron chi connectivity index (χ4n) is 2.67. The molecule has 0 amide bonds. The van der Waals surface area contributed by atoms with E-state index in [1.165, 1.54) is 36.4 Å². The van der Waals surface area contributed by atoms with Gasteiger partial charge in [-0.05, 0) is 54.7 Å². The molecule has 0 aromatic heterocycles. The summed E-state index contributed by atoms with van der Waals surface area (Å²) in [5.74, 6) is -2.63. The molecule has 4 nitrogen and oxygen atoms in total. The molecule has 0 fully saturated rings. The molecule has 4 N–H and O–H groups in total. The van der Waals surface area contributed by atoms with E-state index in [4.69, 9.17) is 5.73 Å². The number of carboxylic acids is 1. The monoisotopic (exact) mass is 349 g/mol. The minimum absolute atomic E-state index is 0.0188. The lowest BCUT2D eigenvalue weighted by Gasteiger charge is -2.22. The fraction of sp³-hybridized carbons (Fsp3) is 0.316. The topological polar surface area (TPSA) is 83.5 Å². The first-order chi connectivity index (χ1) is 11.8. The Hall–Kier alpha value is -2.31. The van der Waals surface area contributed by atoms with Crippen molar-refractivity contribution in [3.63, 3.8) is 0 Å². The Morgan fingerprint density at radius 2 is 1.36 bits per heavy atom. The van der Waals surface area contributed by atoms with Gasteiger partial charge in [-0.15, -0.1) is 0 Å². The summed E-state index contributed by atoms with van der Waals surface area (Å²) < 4.78 is 25.8. The number of rotatable bonds is 8. The van der Waals surface area contributed by atoms with Gasteiger partial charge in [-0.1, -0.05) is 24.3 Å². The van der Waals surface area contributed by atoms with E-state index in [0.29, 0.717) is 12.0 Å². The third kappa shape index (κ3) is 5.92. The molecule has 3 atom stereocenters. The molecule has 0 saturated heterocycles. The molecule has 2 aromatic carbocycles. The van der Waals surface area contributed by atoms with Gasteiger partial charge in [0.1, 0.15) is 11.6 Å². The van der Waals surface area contributed by atoms with Gasteiger partial charge in [0.15, 0.2) is 0 Å². The van der Waals surface area contributed by atoms with Crippen LogP contribution in [0.5, 0.6) is 0 Å². The van der Waals surface area contributed by atoms with Crippen molar-refractivity contribution >= 4 is 5.97 Å². The first kappa shape index (κ1) is 19.0. The quantitative estimate of drug-likeness (QED) is 0.684. The molecule has 2 rings (SSSR count). The molecule has 134 valence electrons. The number of carbonyl (C=O) groups is 1. The summed E-state index contributed by atoms with van der Waals surface area (Å²) in [7, 11) is 0. The lowest BCUT2D eigenvalue weighted by Crippen LogP contribution is -2.39. The molecule has 0 aliphatic rings. The molecule has 0 spiro atoms. The summed E-state index contributed by atoms with van der Waals surface area (Å²) in [4.78, 5) is 11.5. The summed E-state index contributed by atoms with van der Waals surface area (Å²) in [5.41, 5.74) is 7.40. The maximum absolute atomic E-state index is 12.9. The van der Waals surface area contributed by atoms with Crippen LogP contribution in [0, 0.1) is 17.6 Å². The van der Waals surface area contributed by atoms with Crippen molar-refractivity contribution in [3.8, 4) is 0 Å². The first-order valence-electron chi connectivity index (χ1n) is 8.00. The number of hydrogen-bond donors (Lipinski definition) is 3. The molecule has 2 aromatic rings. The van der Waals surface area contributed by atoms with Crippen LogP contribution in [-0.2, 0) is 17.6 Å². The highest BCUT2D eigenvalue weighted by Crippen LogP contribution is 2.18. The average molecular weight is 349 g/mol. The van der Waals surface area contributed by atoms with Gasteiger partial charge in [0.2, 0.25) is 0 Å². The summed E-state index contributed by atoms with van der Waals surface area (Å²) in [6.07, 6.45) is -0.554. The third-order valence-corrected chi connectivity index (χ3v) is 4.15. The lowest BCUT2D eigenvalue weighted by atomic mass is 9.90. The van der Waals surface area contributed by atoms with Gasteiger partial charge in [0.25, 0.3) is 0 Å². The Bertz CT molecular complexity index is 689. The standard InChI is InChI=1S/C19H21F2NO3/c20-15-5-1-12(2-6-15)9-14(19(24)25)11-18(23)17(22)10-13-3-7-16(21)8-4-13/h1-8,14,17-18,23H,9-11,22H2,(H,24,25)/t14-,17+,18+/m1/s1. The second-order valence-corrected chi connectivity index (χ2v) is 6.16. The predicted octanol–water partition coefficient (Wildman–Crippen LogP) is 2.53. The Morgan fingerprint density at radius 1 is 0.920 bits per heavy atom. The van der Waals surface area contributed by atoms with Gasteiger partial charge < -0.3 is 15.9 Å². The summed E-state index contributed by atoms with van der Waals surface area (Å²) in [6, 6.07) is 10.7. The van der Waals surface area contributed by atoms with Crippen molar-refractivity contribution in [1.82, 2.24) is 0 Å². The van der Waals surface area contributed by atoms with Crippen molar-refractivity contribution in [2.24, 2.45) is 11.7 Å². The number of hydrogen-bond acceptors (Lipinski definition) is 3. The van der Waals surface area contributed by atoms with Crippen molar-refractivity contribution in [2.75, 3.05) is 0 Å². The number of aliphatic hydroxyl groups is 1. The van der Waals surface area contributed by atoms with Crippen LogP contribution in [0.4, 0.5) is 8.78 Å². The van der Waals surface area contributed by atoms with Crippen LogP contribution in [0.3, 0.4) is 0 Å². The van der Waals surface area contributed by atoms with E-state index in [-0.39, 0.29) is 18.7 Å². The fourth-order valence-corrected chi connectivity index (χ4v) is 2.67. The molecule has 0 heterocycles. The van der Waals surface area contributed by atoms with Crippen molar-refractivity contribution < 1.29 is 23.8 Å². The zero-order chi connectivity index (χ0) is 18.4. The van der Waals surface area contributed by atoms with Crippen LogP contribution < -0.4 is 5.73 Å². The Labute approximate surface area is 144 Å². The zero-order valence-electron chi connectivity index (χ0n) is 13.6. The third-order valence-electron chi connectivity index (χ3n) is 4.15. The molecule has 0 aliphatic heterocycles. The van der Waals surface area contributed by atoms with Crippen molar-refractivity contribution in [3.05, 3.63) is 71.3 Å². The molecular weight excluding hydrogens is 328 g/mol. The minimum Gasteiger partial charge on any atom is -0.481 e. The average Bonchev–Trinajstić information content (AvgIpc) is 2.58. The van der Waals surface area contributed by atoms with Crippen LogP contribution in [0.15, 0.2) is 48.5 Å². The lowest BCUT2D eigenvalue weighted by molar-refractivity contribution is -0.142. The number of aliphatic hydroxyl groups excluding tert-OH is 1. The van der Waals surface area contributed by atoms with E-state index >= 15 is 0 Å². The van der Waals surface area contributed by atoms with Gasteiger partial charge in [-0.2, -0.15) is 0 Å². The Kier molecular flexibility index (Phi) is 6.61. The second kappa shape index (κ2) is 8.69. The van der Waals surface area contributed by atoms with Gasteiger partial charge in [0, 0.05) is 6.04 Å². The maximum atomic E-state index is 12.9. The molecule has 25 heavy (non-hydrogen) atoms. The highest BCUT2D eigenvalue weighted by molar-refractivity contribution is 5.70. The van der Waals surface area contributed by atoms with Crippen LogP contribution in [0.2, 0.25) is 0 Å². The maximum Gasteiger partial charge on any atom is 0.306 e. The summed E-state index contributed by atoms with van der Waals surface area (Å²) in [5, 5.41) is 19.6. The van der Waals surface area contributed by atoms with Crippen LogP contribution in [0.25, 0.3) is 0 Å². The predicted molar refractivity (Wildman–Crippen MR) is 89.9 cm³/mol. The molecule has 0 aliphatic carbocycles. The Balaban J connectivity index is 1.96. The SMILES string of the molecule is N[C@@H](Cc1ccc(F)cc1)[C@@H](O)C[C@@H](Cc1ccc(F)cc1)C(=O)O. The van der Waals surface area contributed by atoms with Crippen LogP contribution in [-0.4, -0.2) is 28.3 Å². The molecule has 6 heteroatoms. The van der Waals surface area contributed by atoms with Gasteiger partial charge in [-0.25, -0.2) is 8.78 Å². The van der Waals surface area contributed by atoms with Crippen LogP contribution in [0.1, 0.15) is 17.5 Å². The highest BCUT2D eigenvalue weighted by atomic mass is 19.1. The zero-order valence-corrected chi connectivity index (χ0v) is 13.6. The van der Waals surface area contributed by atoms with E-state index in [0.717, 1.165) is 5.56 Å². The molecular formula is C19H21F2NO3. The smallest absolute Gasteiger partial charge is 0.306 e. The number of benzene rings is 2. The largest absolute Gasteiger partial charge is 0.481 e. The van der Waals surface area contributed by atoms with Gasteiger partial charge >= 0.3 is 5.97 Å². The van der Waals surface area contributed by atoms with E-state index in [1.807, 2.05) is 0 Å². The van der Waals surface area contributed by atoms with Crippen molar-refractivity contribution in [1.29, 1.82) is 0 Å². The van der Waals surface area contributed by atoms with Crippen molar-refractivity contribution in [2.45, 2.75) is 31.4 Å². The summed E-state index contributed by atoms with van der Waals surface area (Å²) >= 11 is 0. The highest BCUT2D eigenvalue weighted by Gasteiger charge is 2.25. The molecule has 0 radical (unpaired) electrons. The number of aliphatic carboxylic acids is 1. The normalized spacial score (nSPS) is 14.7. The Morgan fingerprint density at radius 3 is 1.80 bits per heavy atom. The van der Waals surface area contributed by atoms with Gasteiger partial charge in [-0.3, -0.25) is 4.79 Å². The van der Waals surface area contributed by atoms with E-state index < -0.39 is 29.9 Å². The molecule has 0 bridgehead atoms. The minimum atomic E-state index is -1.04. The van der Waals surface area contributed by atoms with Crippen LogP contribution >= 0.6 is 0 Å². The first-order valence-corrected chi connectivity index (χ1v) is 8.00. The second-order valence-electron chi connectivity index (χ2n) is 6.16. The molecule has 0 saturated carbocycles. The van der Waals surface area contributed by atoms with E-state index in [1.54, 1.807) is 12.1 Å². The number of carboxylic acid groups (broad SMARTS) is 1. The van der Waals surface area contributed by atoms with E-state index in [9.17, 15) is 23.8 Å². The van der Waals surface area contributed by atoms with E-state index in [2.05, 4.69) is 0 Å². The summed E-state index contributed by atoms with van der Waals surface area (Å²) in [6.45, 7) is 0. The van der Waals surface area contributed by atoms with Gasteiger partial charge in [0.05, 0.1) is 12.0 Å². The number of halogens is 2.